The number of halogens is 1. The first-order chi connectivity index (χ1) is 15.4. The molecule has 4 rings (SSSR count). The predicted octanol–water partition coefficient (Wildman–Crippen LogP) is 5.51. The third-order valence-corrected chi connectivity index (χ3v) is 7.51. The number of benzene rings is 2. The van der Waals surface area contributed by atoms with Crippen molar-refractivity contribution in [3.05, 3.63) is 63.2 Å². The number of hydrogen-bond acceptors (Lipinski definition) is 4. The van der Waals surface area contributed by atoms with E-state index >= 15 is 0 Å². The summed E-state index contributed by atoms with van der Waals surface area (Å²) >= 11 is 12.0. The number of carbonyl (C=O) groups excluding carboxylic acids is 2. The van der Waals surface area contributed by atoms with Crippen LogP contribution in [0.4, 0.5) is 11.4 Å². The topological polar surface area (TPSA) is 52.7 Å². The van der Waals surface area contributed by atoms with Crippen molar-refractivity contribution in [1.82, 2.24) is 5.32 Å². The zero-order valence-electron chi connectivity index (χ0n) is 19.7. The van der Waals surface area contributed by atoms with Gasteiger partial charge in [-0.1, -0.05) is 24.6 Å². The third-order valence-electron chi connectivity index (χ3n) is 6.90. The van der Waals surface area contributed by atoms with Crippen molar-refractivity contribution >= 4 is 58.2 Å². The molecule has 0 spiro atoms. The molecular weight excluding hydrogens is 454 g/mol. The summed E-state index contributed by atoms with van der Waals surface area (Å²) in [5.41, 5.74) is 5.63. The molecule has 1 N–H and O–H groups in total. The van der Waals surface area contributed by atoms with Crippen LogP contribution in [0.3, 0.4) is 0 Å². The Morgan fingerprint density at radius 3 is 2.52 bits per heavy atom. The molecule has 2 aromatic rings. The van der Waals surface area contributed by atoms with Crippen LogP contribution in [0, 0.1) is 13.8 Å². The molecule has 1 fully saturated rings. The molecule has 33 heavy (non-hydrogen) atoms. The molecule has 2 heterocycles. The Hall–Kier alpha value is -2.70. The van der Waals surface area contributed by atoms with E-state index in [1.54, 1.807) is 6.08 Å². The Morgan fingerprint density at radius 2 is 1.85 bits per heavy atom. The molecule has 1 saturated heterocycles. The Bertz CT molecular complexity index is 1230. The van der Waals surface area contributed by atoms with Crippen molar-refractivity contribution in [3.8, 4) is 0 Å². The lowest BCUT2D eigenvalue weighted by molar-refractivity contribution is -0.122. The maximum absolute atomic E-state index is 13.4. The SMILES string of the molecule is Cc1ccc(N2C(=O)/C(=C/c3cc4c(cc3Cl)N(C)C(C)(C)C[C@@H]4C)C(=O)NC2=S)cc1C. The molecule has 2 amide bonds. The fourth-order valence-electron chi connectivity index (χ4n) is 4.63. The smallest absolute Gasteiger partial charge is 0.270 e. The molecule has 0 radical (unpaired) electrons. The van der Waals surface area contributed by atoms with Gasteiger partial charge in [0.2, 0.25) is 0 Å². The standard InChI is InChI=1S/C26H28ClN3O2S/c1-14-7-8-18(9-15(14)2)30-24(32)20(23(31)28-25(30)33)11-17-10-19-16(3)13-26(4,5)29(6)22(19)12-21(17)27/h7-12,16H,13H2,1-6H3,(H,28,31,33)/b20-11+/t16-/m0/s1. The number of fused-ring (bicyclic) bond motifs is 1. The second kappa shape index (κ2) is 8.26. The second-order valence-corrected chi connectivity index (χ2v) is 10.4. The van der Waals surface area contributed by atoms with Crippen molar-refractivity contribution in [2.24, 2.45) is 0 Å². The van der Waals surface area contributed by atoms with Crippen LogP contribution in [-0.2, 0) is 9.59 Å². The van der Waals surface area contributed by atoms with E-state index in [2.05, 4.69) is 38.0 Å². The van der Waals surface area contributed by atoms with Crippen molar-refractivity contribution in [2.75, 3.05) is 16.8 Å². The molecular formula is C26H28ClN3O2S. The monoisotopic (exact) mass is 481 g/mol. The number of carbonyl (C=O) groups is 2. The lowest BCUT2D eigenvalue weighted by Gasteiger charge is -2.45. The van der Waals surface area contributed by atoms with E-state index in [-0.39, 0.29) is 16.2 Å². The Morgan fingerprint density at radius 1 is 1.15 bits per heavy atom. The van der Waals surface area contributed by atoms with Crippen LogP contribution < -0.4 is 15.1 Å². The van der Waals surface area contributed by atoms with E-state index in [1.165, 1.54) is 4.90 Å². The van der Waals surface area contributed by atoms with Crippen LogP contribution in [0.25, 0.3) is 6.08 Å². The number of amides is 2. The number of nitrogens with zero attached hydrogens (tertiary/aromatic N) is 2. The van der Waals surface area contributed by atoms with E-state index in [9.17, 15) is 9.59 Å². The molecule has 172 valence electrons. The number of rotatable bonds is 2. The van der Waals surface area contributed by atoms with Gasteiger partial charge < -0.3 is 4.90 Å². The number of nitrogens with one attached hydrogen (secondary N) is 1. The van der Waals surface area contributed by atoms with Crippen LogP contribution in [0.2, 0.25) is 5.02 Å². The van der Waals surface area contributed by atoms with Crippen molar-refractivity contribution in [3.63, 3.8) is 0 Å². The predicted molar refractivity (Wildman–Crippen MR) is 139 cm³/mol. The minimum atomic E-state index is -0.523. The van der Waals surface area contributed by atoms with E-state index in [1.807, 2.05) is 44.2 Å². The van der Waals surface area contributed by atoms with Crippen molar-refractivity contribution in [1.29, 1.82) is 0 Å². The molecule has 0 unspecified atom stereocenters. The minimum Gasteiger partial charge on any atom is -0.369 e. The van der Waals surface area contributed by atoms with Gasteiger partial charge in [-0.15, -0.1) is 0 Å². The summed E-state index contributed by atoms with van der Waals surface area (Å²) in [6, 6.07) is 9.57. The fourth-order valence-corrected chi connectivity index (χ4v) is 5.12. The zero-order valence-corrected chi connectivity index (χ0v) is 21.3. The molecule has 7 heteroatoms. The van der Waals surface area contributed by atoms with Crippen molar-refractivity contribution < 1.29 is 9.59 Å². The third kappa shape index (κ3) is 4.06. The van der Waals surface area contributed by atoms with Gasteiger partial charge in [0, 0.05) is 23.3 Å². The largest absolute Gasteiger partial charge is 0.369 e. The molecule has 1 atom stereocenters. The summed E-state index contributed by atoms with van der Waals surface area (Å²) in [5, 5.41) is 3.21. The zero-order chi connectivity index (χ0) is 24.2. The number of hydrogen-bond donors (Lipinski definition) is 1. The van der Waals surface area contributed by atoms with Crippen LogP contribution in [-0.4, -0.2) is 29.5 Å². The normalized spacial score (nSPS) is 21.4. The average molecular weight is 482 g/mol. The summed E-state index contributed by atoms with van der Waals surface area (Å²) in [5.74, 6) is -0.673. The van der Waals surface area contributed by atoms with Gasteiger partial charge in [0.1, 0.15) is 5.57 Å². The number of aryl methyl sites for hydroxylation is 2. The molecule has 0 bridgehead atoms. The average Bonchev–Trinajstić information content (AvgIpc) is 2.72. The Labute approximate surface area is 205 Å². The summed E-state index contributed by atoms with van der Waals surface area (Å²) in [7, 11) is 2.07. The number of thiocarbonyl (C=S) groups is 1. The minimum absolute atomic E-state index is 0.000764. The maximum Gasteiger partial charge on any atom is 0.270 e. The summed E-state index contributed by atoms with van der Waals surface area (Å²) in [4.78, 5) is 29.8. The molecule has 2 aliphatic rings. The lowest BCUT2D eigenvalue weighted by Crippen LogP contribution is -2.54. The highest BCUT2D eigenvalue weighted by Gasteiger charge is 2.36. The molecule has 2 aliphatic heterocycles. The van der Waals surface area contributed by atoms with Gasteiger partial charge in [-0.2, -0.15) is 0 Å². The van der Waals surface area contributed by atoms with E-state index in [4.69, 9.17) is 23.8 Å². The molecule has 5 nitrogen and oxygen atoms in total. The second-order valence-electron chi connectivity index (χ2n) is 9.64. The maximum atomic E-state index is 13.4. The van der Waals surface area contributed by atoms with Crippen LogP contribution in [0.5, 0.6) is 0 Å². The first-order valence-electron chi connectivity index (χ1n) is 11.0. The van der Waals surface area contributed by atoms with Gasteiger partial charge in [-0.25, -0.2) is 0 Å². The van der Waals surface area contributed by atoms with Gasteiger partial charge >= 0.3 is 0 Å². The Kier molecular flexibility index (Phi) is 5.87. The highest BCUT2D eigenvalue weighted by atomic mass is 35.5. The quantitative estimate of drug-likeness (QED) is 0.349. The van der Waals surface area contributed by atoms with E-state index in [0.717, 1.165) is 28.8 Å². The van der Waals surface area contributed by atoms with Crippen LogP contribution in [0.15, 0.2) is 35.9 Å². The molecule has 2 aromatic carbocycles. The molecule has 0 saturated carbocycles. The highest BCUT2D eigenvalue weighted by molar-refractivity contribution is 7.80. The first kappa shape index (κ1) is 23.5. The first-order valence-corrected chi connectivity index (χ1v) is 11.8. The summed E-state index contributed by atoms with van der Waals surface area (Å²) in [6.45, 7) is 10.6. The van der Waals surface area contributed by atoms with Gasteiger partial charge in [0.25, 0.3) is 11.8 Å². The molecule has 0 aromatic heterocycles. The van der Waals surface area contributed by atoms with Gasteiger partial charge in [-0.3, -0.25) is 19.8 Å². The van der Waals surface area contributed by atoms with Gasteiger partial charge in [0.15, 0.2) is 5.11 Å². The summed E-state index contributed by atoms with van der Waals surface area (Å²) in [6.07, 6.45) is 2.56. The molecule has 0 aliphatic carbocycles. The van der Waals surface area contributed by atoms with Gasteiger partial charge in [-0.05, 0) is 105 Å². The lowest BCUT2D eigenvalue weighted by atomic mass is 9.80. The summed E-state index contributed by atoms with van der Waals surface area (Å²) < 4.78 is 0. The van der Waals surface area contributed by atoms with E-state index < -0.39 is 11.8 Å². The highest BCUT2D eigenvalue weighted by Crippen LogP contribution is 2.44. The Balaban J connectivity index is 1.77. The fraction of sp³-hybridized carbons (Fsp3) is 0.346. The number of anilines is 2. The van der Waals surface area contributed by atoms with Crippen LogP contribution in [0.1, 0.15) is 55.4 Å². The van der Waals surface area contributed by atoms with E-state index in [0.29, 0.717) is 22.2 Å². The van der Waals surface area contributed by atoms with Crippen LogP contribution >= 0.6 is 23.8 Å². The van der Waals surface area contributed by atoms with Crippen molar-refractivity contribution in [2.45, 2.75) is 52.5 Å². The van der Waals surface area contributed by atoms with Gasteiger partial charge in [0.05, 0.1) is 5.69 Å².